The molecule has 8 aromatic rings. The van der Waals surface area contributed by atoms with Crippen molar-refractivity contribution in [3.63, 3.8) is 0 Å². The van der Waals surface area contributed by atoms with Crippen molar-refractivity contribution in [1.82, 2.24) is 59.8 Å². The molecule has 0 fully saturated rings. The molecule has 117 heavy (non-hydrogen) atoms. The van der Waals surface area contributed by atoms with Crippen molar-refractivity contribution in [1.29, 1.82) is 0 Å². The number of pyridine rings is 3. The van der Waals surface area contributed by atoms with Crippen molar-refractivity contribution in [3.8, 4) is 0 Å². The van der Waals surface area contributed by atoms with E-state index in [4.69, 9.17) is 78.3 Å². The largest absolute Gasteiger partial charge is 1.00 e. The molecule has 36 heteroatoms. The molecule has 10 N–H and O–H groups in total. The Morgan fingerprint density at radius 3 is 1.21 bits per heavy atom. The summed E-state index contributed by atoms with van der Waals surface area (Å²) < 4.78 is 16.6. The van der Waals surface area contributed by atoms with Crippen LogP contribution < -0.4 is 72.0 Å². The molecule has 634 valence electrons. The SMILES string of the molecule is CC(=O)Nc1cc(Cl)ncn1.CC(=O)Nc1cc(NCCCCCNC(=O)c2cccn(Cc3cccc(Cl)c3)c2=O)ncn1.CC(C)(C)OC(=O)NCCCCCN.CC(C)(C)OC(=O)NCCCCCNC(=O)c1cccn(Cc2cccc(Cl)c2)c1=O.CN1CC[N+](C)=C1Cl.O=C(O)c1cccn(Cc2cccc(Cl)c2)c1=O.[Cl-]. The van der Waals surface area contributed by atoms with E-state index < -0.39 is 34.7 Å². The molecular formula is C81H105Cl6N17O13. The van der Waals surface area contributed by atoms with Gasteiger partial charge in [-0.2, -0.15) is 0 Å². The number of alkyl carbamates (subject to hydrolysis) is 2. The van der Waals surface area contributed by atoms with Crippen molar-refractivity contribution in [2.75, 3.05) is 82.4 Å². The molecule has 0 spiro atoms. The Kier molecular flexibility index (Phi) is 46.2. The van der Waals surface area contributed by atoms with Crippen molar-refractivity contribution in [2.24, 2.45) is 5.73 Å². The number of nitrogens with two attached hydrogens (primary N) is 1. The number of anilines is 3. The number of rotatable bonds is 29. The quantitative estimate of drug-likeness (QED) is 0.00911. The number of nitrogens with one attached hydrogen (secondary N) is 7. The number of halogens is 6. The molecule has 1 aliphatic heterocycles. The molecular weight excluding hydrogens is 1630 g/mol. The van der Waals surface area contributed by atoms with Gasteiger partial charge in [-0.1, -0.05) is 89.2 Å². The molecule has 6 heterocycles. The van der Waals surface area contributed by atoms with Gasteiger partial charge in [0.2, 0.25) is 11.8 Å². The summed E-state index contributed by atoms with van der Waals surface area (Å²) in [4.78, 5) is 135. The molecule has 6 amide bonds. The Bertz CT molecular complexity index is 4730. The molecule has 0 saturated heterocycles. The molecule has 0 atom stereocenters. The molecule has 9 rings (SSSR count). The first-order valence-electron chi connectivity index (χ1n) is 37.3. The van der Waals surface area contributed by atoms with Crippen LogP contribution >= 0.6 is 58.0 Å². The minimum Gasteiger partial charge on any atom is -1.00 e. The molecule has 1 aliphatic rings. The molecule has 30 nitrogen and oxygen atoms in total. The number of hydrogen-bond donors (Lipinski definition) is 9. The number of amides is 6. The lowest BCUT2D eigenvalue weighted by atomic mass is 10.2. The summed E-state index contributed by atoms with van der Waals surface area (Å²) in [5, 5.41) is 31.1. The van der Waals surface area contributed by atoms with Gasteiger partial charge >= 0.3 is 23.5 Å². The van der Waals surface area contributed by atoms with E-state index in [-0.39, 0.29) is 64.0 Å². The van der Waals surface area contributed by atoms with E-state index in [0.717, 1.165) is 92.9 Å². The van der Waals surface area contributed by atoms with Crippen LogP contribution in [0.5, 0.6) is 0 Å². The molecule has 3 aromatic carbocycles. The highest BCUT2D eigenvalue weighted by Gasteiger charge is 2.22. The molecule has 5 aromatic heterocycles. The minimum absolute atomic E-state index is 0. The number of aromatic nitrogens is 7. The van der Waals surface area contributed by atoms with E-state index in [9.17, 15) is 47.9 Å². The van der Waals surface area contributed by atoms with Crippen LogP contribution in [-0.4, -0.2) is 173 Å². The Hall–Kier alpha value is -10.5. The van der Waals surface area contributed by atoms with Crippen molar-refractivity contribution in [2.45, 2.75) is 144 Å². The highest BCUT2D eigenvalue weighted by atomic mass is 35.5. The fourth-order valence-corrected chi connectivity index (χ4v) is 11.1. The summed E-state index contributed by atoms with van der Waals surface area (Å²) in [5.74, 6) is -0.877. The average Bonchev–Trinajstić information content (AvgIpc) is 1.83. The zero-order chi connectivity index (χ0) is 85.8. The number of amidine groups is 1. The minimum atomic E-state index is -1.22. The predicted molar refractivity (Wildman–Crippen MR) is 455 cm³/mol. The van der Waals surface area contributed by atoms with E-state index in [1.165, 1.54) is 70.5 Å². The lowest BCUT2D eigenvalue weighted by molar-refractivity contribution is -0.484. The van der Waals surface area contributed by atoms with Crippen LogP contribution in [-0.2, 0) is 38.7 Å². The number of benzene rings is 3. The van der Waals surface area contributed by atoms with Gasteiger partial charge in [-0.05, 0) is 189 Å². The van der Waals surface area contributed by atoms with E-state index in [2.05, 4.69) is 57.2 Å². The zero-order valence-corrected chi connectivity index (χ0v) is 71.8. The van der Waals surface area contributed by atoms with Crippen molar-refractivity contribution in [3.05, 3.63) is 237 Å². The van der Waals surface area contributed by atoms with Crippen LogP contribution in [0.3, 0.4) is 0 Å². The summed E-state index contributed by atoms with van der Waals surface area (Å²) in [6, 6.07) is 34.0. The van der Waals surface area contributed by atoms with Gasteiger partial charge in [0.15, 0.2) is 0 Å². The molecule has 0 radical (unpaired) electrons. The maximum absolute atomic E-state index is 12.7. The first-order chi connectivity index (χ1) is 55.0. The highest BCUT2D eigenvalue weighted by molar-refractivity contribution is 6.63. The van der Waals surface area contributed by atoms with Gasteiger partial charge in [-0.25, -0.2) is 34.3 Å². The number of carbonyl (C=O) groups is 7. The van der Waals surface area contributed by atoms with Gasteiger partial charge in [-0.15, -0.1) is 0 Å². The maximum atomic E-state index is 12.7. The number of nitrogens with zero attached hydrogens (tertiary/aromatic N) is 9. The number of aromatic carboxylic acids is 1. The number of likely N-dealkylation sites (N-methyl/N-ethyl adjacent to an activating group) is 2. The summed E-state index contributed by atoms with van der Waals surface area (Å²) in [6.45, 7) is 20.4. The lowest BCUT2D eigenvalue weighted by Gasteiger charge is -2.19. The molecule has 0 saturated carbocycles. The zero-order valence-electron chi connectivity index (χ0n) is 67.3. The van der Waals surface area contributed by atoms with Gasteiger partial charge in [0.1, 0.15) is 76.2 Å². The van der Waals surface area contributed by atoms with Crippen molar-refractivity contribution >= 4 is 123 Å². The molecule has 0 aliphatic carbocycles. The fraction of sp³-hybridized carbons (Fsp3) is 0.395. The predicted octanol–water partition coefficient (Wildman–Crippen LogP) is 9.44. The van der Waals surface area contributed by atoms with Crippen LogP contribution in [0.1, 0.15) is 161 Å². The van der Waals surface area contributed by atoms with E-state index in [0.29, 0.717) is 96.6 Å². The standard InChI is InChI=1S/C24H27ClN6O3.C23H30ClN3O4.C13H10ClNO3.C10H22N2O2.C6H6ClN3O.C5H10ClN2.ClH/c1-17(32)30-22-14-21(28-16-29-22)26-10-3-2-4-11-27-23(33)20-9-6-12-31(24(20)34)15-18-7-5-8-19(25)13-18;1-23(2,3)31-22(30)26-13-6-4-5-12-25-20(28)19-11-8-14-27(21(19)29)16-17-9-7-10-18(24)15-17;14-10-4-1-3-9(7-10)8-15-6-2-5-11(12(15)16)13(17)18;1-10(2,3)14-9(13)12-8-6-4-5-7-11;1-4(11)10-6-2-5(7)8-3-9-6;1-7-3-4-8(2)5(7)6;/h5-9,12-14,16H,2-4,10-11,15H2,1H3,(H,27,33)(H2,26,28,29,30,32);7-11,14-15H,4-6,12-13,16H2,1-3H3,(H,25,28)(H,26,30);1-7H,8H2,(H,17,18);4-8,11H2,1-3H3,(H,12,13);2-3H,1H3,(H,8,9,10,11);3-4H2,1-2H3;1H/q;;;;;+1;/p-1. The van der Waals surface area contributed by atoms with E-state index in [1.807, 2.05) is 95.4 Å². The van der Waals surface area contributed by atoms with Gasteiger partial charge < -0.3 is 83.6 Å². The lowest BCUT2D eigenvalue weighted by Crippen LogP contribution is -3.00. The topological polar surface area (TPSA) is 392 Å². The number of carbonyl (C=O) groups excluding carboxylic acids is 6. The van der Waals surface area contributed by atoms with Crippen molar-refractivity contribution < 1.29 is 65.1 Å². The van der Waals surface area contributed by atoms with Crippen LogP contribution in [0, 0.1) is 0 Å². The number of carboxylic acids is 1. The second-order valence-electron chi connectivity index (χ2n) is 28.0. The monoisotopic (exact) mass is 1730 g/mol. The van der Waals surface area contributed by atoms with Gasteiger partial charge in [-0.3, -0.25) is 43.0 Å². The smallest absolute Gasteiger partial charge is 0.407 e. The first kappa shape index (κ1) is 101. The highest BCUT2D eigenvalue weighted by Crippen LogP contribution is 2.17. The summed E-state index contributed by atoms with van der Waals surface area (Å²) in [6.07, 6.45) is 14.6. The number of hydrogen-bond acceptors (Lipinski definition) is 19. The Morgan fingerprint density at radius 1 is 0.487 bits per heavy atom. The van der Waals surface area contributed by atoms with Crippen LogP contribution in [0.2, 0.25) is 20.2 Å². The summed E-state index contributed by atoms with van der Waals surface area (Å²) >= 11 is 29.2. The van der Waals surface area contributed by atoms with Gasteiger partial charge in [0.05, 0.1) is 33.7 Å². The van der Waals surface area contributed by atoms with Crippen LogP contribution in [0.15, 0.2) is 167 Å². The molecule has 0 bridgehead atoms. The second-order valence-corrected chi connectivity index (χ2v) is 30.0. The number of carboxylic acid groups (broad SMARTS) is 1. The van der Waals surface area contributed by atoms with Gasteiger partial charge in [0.25, 0.3) is 28.5 Å². The third-order valence-corrected chi connectivity index (χ3v) is 17.1. The first-order valence-corrected chi connectivity index (χ1v) is 39.2. The maximum Gasteiger partial charge on any atom is 0.407 e. The second kappa shape index (κ2) is 53.7. The van der Waals surface area contributed by atoms with Crippen LogP contribution in [0.25, 0.3) is 0 Å². The van der Waals surface area contributed by atoms with Gasteiger partial charge in [0, 0.05) is 104 Å². The Balaban J connectivity index is 0.000000387. The number of unbranched alkanes of at least 4 members (excludes halogenated alkanes) is 6. The fourth-order valence-electron chi connectivity index (χ4n) is 10.2. The normalized spacial score (nSPS) is 11.2. The number of ether oxygens (including phenoxy) is 2. The average molecular weight is 1740 g/mol. The van der Waals surface area contributed by atoms with E-state index >= 15 is 0 Å². The Labute approximate surface area is 712 Å². The third kappa shape index (κ3) is 42.3. The van der Waals surface area contributed by atoms with Crippen LogP contribution in [0.4, 0.5) is 27.0 Å². The summed E-state index contributed by atoms with van der Waals surface area (Å²) in [5.41, 5.74) is 5.79. The Morgan fingerprint density at radius 2 is 0.855 bits per heavy atom. The third-order valence-electron chi connectivity index (χ3n) is 15.6. The van der Waals surface area contributed by atoms with E-state index in [1.54, 1.807) is 79.3 Å². The summed E-state index contributed by atoms with van der Waals surface area (Å²) in [7, 11) is 3.98. The molecule has 0 unspecified atom stereocenters.